The van der Waals surface area contributed by atoms with Crippen molar-refractivity contribution in [2.45, 2.75) is 32.6 Å². The Morgan fingerprint density at radius 2 is 1.90 bits per heavy atom. The van der Waals surface area contributed by atoms with E-state index in [1.165, 1.54) is 18.8 Å². The molecule has 0 saturated heterocycles. The maximum atomic E-state index is 11.3. The van der Waals surface area contributed by atoms with Crippen molar-refractivity contribution < 1.29 is 4.79 Å². The van der Waals surface area contributed by atoms with E-state index in [2.05, 4.69) is 6.92 Å². The van der Waals surface area contributed by atoms with Gasteiger partial charge in [-0.3, -0.25) is 4.79 Å². The van der Waals surface area contributed by atoms with Crippen molar-refractivity contribution >= 4 is 5.78 Å². The molecular formula is C9H13O. The largest absolute Gasteiger partial charge is 0.299 e. The Bertz CT molecular complexity index is 150. The van der Waals surface area contributed by atoms with Crippen LogP contribution in [-0.2, 0) is 4.79 Å². The fraction of sp³-hybridized carbons (Fsp3) is 0.778. The molecule has 55 valence electrons. The van der Waals surface area contributed by atoms with E-state index in [9.17, 15) is 4.79 Å². The first kappa shape index (κ1) is 6.38. The van der Waals surface area contributed by atoms with E-state index in [4.69, 9.17) is 0 Å². The van der Waals surface area contributed by atoms with Gasteiger partial charge in [-0.2, -0.15) is 0 Å². The van der Waals surface area contributed by atoms with Crippen LogP contribution in [0.1, 0.15) is 32.6 Å². The average Bonchev–Trinajstić information content (AvgIpc) is 2.00. The van der Waals surface area contributed by atoms with Crippen molar-refractivity contribution in [2.24, 2.45) is 11.8 Å². The summed E-state index contributed by atoms with van der Waals surface area (Å²) >= 11 is 0. The monoisotopic (exact) mass is 137 g/mol. The summed E-state index contributed by atoms with van der Waals surface area (Å²) in [4.78, 5) is 11.3. The molecule has 3 aliphatic rings. The molecule has 3 rings (SSSR count). The van der Waals surface area contributed by atoms with Crippen LogP contribution in [0, 0.1) is 17.8 Å². The minimum absolute atomic E-state index is 0.359. The molecule has 2 bridgehead atoms. The second-order valence-electron chi connectivity index (χ2n) is 3.59. The molecule has 10 heavy (non-hydrogen) atoms. The van der Waals surface area contributed by atoms with Crippen molar-refractivity contribution in [3.8, 4) is 0 Å². The summed E-state index contributed by atoms with van der Waals surface area (Å²) in [7, 11) is 0. The number of fused-ring (bicyclic) bond motifs is 3. The molecular weight excluding hydrogens is 124 g/mol. The summed E-state index contributed by atoms with van der Waals surface area (Å²) in [5.74, 6) is 2.79. The van der Waals surface area contributed by atoms with E-state index >= 15 is 0 Å². The van der Waals surface area contributed by atoms with Crippen LogP contribution in [0.5, 0.6) is 0 Å². The second-order valence-corrected chi connectivity index (χ2v) is 3.59. The number of rotatable bonds is 0. The van der Waals surface area contributed by atoms with E-state index in [-0.39, 0.29) is 0 Å². The highest BCUT2D eigenvalue weighted by atomic mass is 16.1. The van der Waals surface area contributed by atoms with E-state index in [1.54, 1.807) is 0 Å². The Morgan fingerprint density at radius 3 is 2.20 bits per heavy atom. The molecule has 1 unspecified atom stereocenters. The Hall–Kier alpha value is -0.330. The SMILES string of the molecule is CC1C(=O)[C]2CCC1CC2. The molecule has 1 nitrogen and oxygen atoms in total. The highest BCUT2D eigenvalue weighted by Crippen LogP contribution is 2.43. The van der Waals surface area contributed by atoms with E-state index < -0.39 is 0 Å². The third-order valence-electron chi connectivity index (χ3n) is 3.10. The standard InChI is InChI=1S/C9H13O/c1-6-7-2-4-8(5-3-7)9(6)10/h6-7H,2-5H2,1H3. The molecule has 3 saturated carbocycles. The van der Waals surface area contributed by atoms with Gasteiger partial charge in [0, 0.05) is 11.8 Å². The third-order valence-corrected chi connectivity index (χ3v) is 3.10. The van der Waals surface area contributed by atoms with Gasteiger partial charge in [0.2, 0.25) is 0 Å². The van der Waals surface area contributed by atoms with Gasteiger partial charge in [-0.15, -0.1) is 0 Å². The van der Waals surface area contributed by atoms with Crippen molar-refractivity contribution in [2.75, 3.05) is 0 Å². The fourth-order valence-corrected chi connectivity index (χ4v) is 2.27. The zero-order valence-electron chi connectivity index (χ0n) is 6.39. The van der Waals surface area contributed by atoms with E-state index in [1.807, 2.05) is 0 Å². The molecule has 0 N–H and O–H groups in total. The summed E-state index contributed by atoms with van der Waals surface area (Å²) in [5.41, 5.74) is 0. The molecule has 0 aromatic carbocycles. The lowest BCUT2D eigenvalue weighted by Crippen LogP contribution is -2.37. The molecule has 0 amide bonds. The van der Waals surface area contributed by atoms with Crippen LogP contribution in [0.2, 0.25) is 0 Å². The predicted octanol–water partition coefficient (Wildman–Crippen LogP) is 1.97. The van der Waals surface area contributed by atoms with Crippen LogP contribution in [0.3, 0.4) is 0 Å². The Kier molecular flexibility index (Phi) is 1.33. The van der Waals surface area contributed by atoms with Gasteiger partial charge >= 0.3 is 0 Å². The maximum Gasteiger partial charge on any atom is 0.143 e. The highest BCUT2D eigenvalue weighted by molar-refractivity contribution is 5.95. The lowest BCUT2D eigenvalue weighted by molar-refractivity contribution is -0.126. The minimum Gasteiger partial charge on any atom is -0.299 e. The Labute approximate surface area is 61.8 Å². The molecule has 1 heteroatoms. The van der Waals surface area contributed by atoms with Crippen molar-refractivity contribution in [3.05, 3.63) is 5.92 Å². The van der Waals surface area contributed by atoms with Gasteiger partial charge in [-0.05, 0) is 31.6 Å². The zero-order chi connectivity index (χ0) is 7.14. The zero-order valence-corrected chi connectivity index (χ0v) is 6.39. The lowest BCUT2D eigenvalue weighted by Gasteiger charge is -2.38. The van der Waals surface area contributed by atoms with Crippen LogP contribution in [0.4, 0.5) is 0 Å². The summed E-state index contributed by atoms with van der Waals surface area (Å²) in [6, 6.07) is 0. The van der Waals surface area contributed by atoms with Gasteiger partial charge in [0.25, 0.3) is 0 Å². The number of ketones is 1. The normalized spacial score (nSPS) is 40.7. The third kappa shape index (κ3) is 0.727. The van der Waals surface area contributed by atoms with Gasteiger partial charge < -0.3 is 0 Å². The summed E-state index contributed by atoms with van der Waals surface area (Å²) in [6.07, 6.45) is 4.77. The van der Waals surface area contributed by atoms with E-state index in [0.717, 1.165) is 18.8 Å². The lowest BCUT2D eigenvalue weighted by atomic mass is 9.64. The van der Waals surface area contributed by atoms with Crippen LogP contribution < -0.4 is 0 Å². The fourth-order valence-electron chi connectivity index (χ4n) is 2.27. The number of carbonyl (C=O) groups is 1. The topological polar surface area (TPSA) is 17.1 Å². The molecule has 0 aromatic rings. The average molecular weight is 137 g/mol. The van der Waals surface area contributed by atoms with Gasteiger partial charge in [0.1, 0.15) is 5.78 Å². The number of hydrogen-bond donors (Lipinski definition) is 0. The second kappa shape index (κ2) is 2.08. The maximum absolute atomic E-state index is 11.3. The van der Waals surface area contributed by atoms with Crippen LogP contribution >= 0.6 is 0 Å². The summed E-state index contributed by atoms with van der Waals surface area (Å²) < 4.78 is 0. The first-order valence-corrected chi connectivity index (χ1v) is 4.18. The molecule has 0 aromatic heterocycles. The Morgan fingerprint density at radius 1 is 1.30 bits per heavy atom. The van der Waals surface area contributed by atoms with Crippen molar-refractivity contribution in [3.63, 3.8) is 0 Å². The smallest absolute Gasteiger partial charge is 0.143 e. The van der Waals surface area contributed by atoms with Gasteiger partial charge in [0.15, 0.2) is 0 Å². The molecule has 0 heterocycles. The van der Waals surface area contributed by atoms with Gasteiger partial charge in [-0.25, -0.2) is 0 Å². The Balaban J connectivity index is 2.20. The quantitative estimate of drug-likeness (QED) is 0.499. The molecule has 3 aliphatic carbocycles. The van der Waals surface area contributed by atoms with Gasteiger partial charge in [-0.1, -0.05) is 6.92 Å². The van der Waals surface area contributed by atoms with Crippen LogP contribution in [0.25, 0.3) is 0 Å². The van der Waals surface area contributed by atoms with Crippen molar-refractivity contribution in [1.82, 2.24) is 0 Å². The molecule has 0 spiro atoms. The summed E-state index contributed by atoms with van der Waals surface area (Å²) in [6.45, 7) is 2.09. The number of hydrogen-bond acceptors (Lipinski definition) is 1. The molecule has 1 atom stereocenters. The van der Waals surface area contributed by atoms with Gasteiger partial charge in [0.05, 0.1) is 0 Å². The molecule has 1 radical (unpaired) electrons. The molecule has 0 aliphatic heterocycles. The molecule has 3 fully saturated rings. The number of carbonyl (C=O) groups excluding carboxylic acids is 1. The highest BCUT2D eigenvalue weighted by Gasteiger charge is 2.40. The van der Waals surface area contributed by atoms with Crippen molar-refractivity contribution in [1.29, 1.82) is 0 Å². The first-order chi connectivity index (χ1) is 4.79. The van der Waals surface area contributed by atoms with Crippen LogP contribution in [-0.4, -0.2) is 5.78 Å². The minimum atomic E-state index is 0.359. The summed E-state index contributed by atoms with van der Waals surface area (Å²) in [5, 5.41) is 0. The number of Topliss-reactive ketones (excluding diaryl/α,β-unsaturated/α-hetero) is 1. The predicted molar refractivity (Wildman–Crippen MR) is 39.4 cm³/mol. The first-order valence-electron chi connectivity index (χ1n) is 4.18. The van der Waals surface area contributed by atoms with E-state index in [0.29, 0.717) is 11.7 Å². The van der Waals surface area contributed by atoms with Crippen LogP contribution in [0.15, 0.2) is 0 Å².